The summed E-state index contributed by atoms with van der Waals surface area (Å²) in [7, 11) is 0. The lowest BCUT2D eigenvalue weighted by Gasteiger charge is -2.34. The van der Waals surface area contributed by atoms with Crippen LogP contribution in [0.2, 0.25) is 0 Å². The Kier molecular flexibility index (Phi) is 6.38. The third-order valence-corrected chi connectivity index (χ3v) is 6.38. The van der Waals surface area contributed by atoms with Gasteiger partial charge in [0.25, 0.3) is 0 Å². The molecule has 0 saturated carbocycles. The first-order chi connectivity index (χ1) is 10.0. The molecule has 21 heavy (non-hydrogen) atoms. The van der Waals surface area contributed by atoms with Gasteiger partial charge in [0.15, 0.2) is 5.13 Å². The second kappa shape index (κ2) is 7.84. The molecule has 2 heterocycles. The van der Waals surface area contributed by atoms with Gasteiger partial charge in [0.05, 0.1) is 5.69 Å². The summed E-state index contributed by atoms with van der Waals surface area (Å²) in [6.07, 6.45) is 1.16. The first kappa shape index (κ1) is 17.1. The zero-order valence-corrected chi connectivity index (χ0v) is 15.6. The molecule has 0 bridgehead atoms. The second-order valence-corrected chi connectivity index (χ2v) is 9.00. The van der Waals surface area contributed by atoms with Crippen LogP contribution in [0.5, 0.6) is 0 Å². The van der Waals surface area contributed by atoms with E-state index in [2.05, 4.69) is 56.6 Å². The predicted molar refractivity (Wildman–Crippen MR) is 96.9 cm³/mol. The van der Waals surface area contributed by atoms with Gasteiger partial charge >= 0.3 is 0 Å². The summed E-state index contributed by atoms with van der Waals surface area (Å²) in [5.41, 5.74) is 1.32. The quantitative estimate of drug-likeness (QED) is 0.851. The van der Waals surface area contributed by atoms with Crippen LogP contribution in [-0.4, -0.2) is 35.1 Å². The van der Waals surface area contributed by atoms with Crippen molar-refractivity contribution in [2.75, 3.05) is 24.5 Å². The van der Waals surface area contributed by atoms with Crippen LogP contribution in [0.25, 0.3) is 0 Å². The Morgan fingerprint density at radius 2 is 1.95 bits per heavy atom. The van der Waals surface area contributed by atoms with E-state index in [1.165, 1.54) is 15.7 Å². The van der Waals surface area contributed by atoms with E-state index in [-0.39, 0.29) is 0 Å². The third-order valence-electron chi connectivity index (χ3n) is 4.02. The Balaban J connectivity index is 2.21. The fourth-order valence-corrected chi connectivity index (χ4v) is 5.26. The van der Waals surface area contributed by atoms with E-state index in [9.17, 15) is 0 Å². The first-order valence-electron chi connectivity index (χ1n) is 8.15. The molecule has 5 heteroatoms. The van der Waals surface area contributed by atoms with Crippen molar-refractivity contribution in [3.05, 3.63) is 10.6 Å². The molecule has 3 atom stereocenters. The van der Waals surface area contributed by atoms with Crippen molar-refractivity contribution >= 4 is 28.2 Å². The van der Waals surface area contributed by atoms with E-state index in [0.29, 0.717) is 16.4 Å². The number of anilines is 1. The van der Waals surface area contributed by atoms with Gasteiger partial charge in [-0.1, -0.05) is 34.6 Å². The minimum absolute atomic E-state index is 0.553. The minimum atomic E-state index is 0.553. The maximum Gasteiger partial charge on any atom is 0.185 e. The van der Waals surface area contributed by atoms with E-state index >= 15 is 0 Å². The van der Waals surface area contributed by atoms with Gasteiger partial charge in [-0.3, -0.25) is 0 Å². The highest BCUT2D eigenvalue weighted by Gasteiger charge is 2.26. The van der Waals surface area contributed by atoms with Crippen molar-refractivity contribution in [2.45, 2.75) is 64.0 Å². The van der Waals surface area contributed by atoms with Crippen LogP contribution in [-0.2, 0) is 6.54 Å². The number of aromatic nitrogens is 1. The molecule has 3 unspecified atom stereocenters. The van der Waals surface area contributed by atoms with E-state index in [4.69, 9.17) is 4.98 Å². The molecule has 120 valence electrons. The third kappa shape index (κ3) is 4.36. The van der Waals surface area contributed by atoms with Gasteiger partial charge in [-0.2, -0.15) is 11.8 Å². The van der Waals surface area contributed by atoms with Crippen molar-refractivity contribution < 1.29 is 0 Å². The molecule has 2 rings (SSSR count). The van der Waals surface area contributed by atoms with Gasteiger partial charge in [0, 0.05) is 35.0 Å². The molecule has 1 aliphatic heterocycles. The van der Waals surface area contributed by atoms with Gasteiger partial charge < -0.3 is 10.2 Å². The standard InChI is InChI=1S/C16H29N3S2/c1-6-11(3)15-14(8-17-7-2)21-16(18-15)19-9-12(4)20-13(5)10-19/h11-13,17H,6-10H2,1-5H3. The van der Waals surface area contributed by atoms with Crippen molar-refractivity contribution in [3.8, 4) is 0 Å². The van der Waals surface area contributed by atoms with E-state index in [1.54, 1.807) is 0 Å². The monoisotopic (exact) mass is 327 g/mol. The van der Waals surface area contributed by atoms with Gasteiger partial charge in [-0.25, -0.2) is 4.98 Å². The Morgan fingerprint density at radius 3 is 2.52 bits per heavy atom. The highest BCUT2D eigenvalue weighted by atomic mass is 32.2. The number of nitrogens with zero attached hydrogens (tertiary/aromatic N) is 2. The van der Waals surface area contributed by atoms with Crippen LogP contribution in [0.1, 0.15) is 57.5 Å². The number of thioether (sulfide) groups is 1. The largest absolute Gasteiger partial charge is 0.346 e. The summed E-state index contributed by atoms with van der Waals surface area (Å²) in [5.74, 6) is 0.553. The molecule has 1 aliphatic rings. The smallest absolute Gasteiger partial charge is 0.185 e. The molecular weight excluding hydrogens is 298 g/mol. The molecule has 1 fully saturated rings. The fraction of sp³-hybridized carbons (Fsp3) is 0.812. The van der Waals surface area contributed by atoms with Gasteiger partial charge in [0.1, 0.15) is 0 Å². The molecule has 0 aliphatic carbocycles. The normalized spacial score (nSPS) is 24.3. The Labute approximate surface area is 137 Å². The molecular formula is C16H29N3S2. The number of hydrogen-bond acceptors (Lipinski definition) is 5. The molecule has 0 radical (unpaired) electrons. The number of hydrogen-bond donors (Lipinski definition) is 1. The van der Waals surface area contributed by atoms with E-state index < -0.39 is 0 Å². The van der Waals surface area contributed by atoms with Crippen LogP contribution in [0.15, 0.2) is 0 Å². The average Bonchev–Trinajstić information content (AvgIpc) is 2.87. The molecule has 1 aromatic heterocycles. The zero-order chi connectivity index (χ0) is 15.4. The van der Waals surface area contributed by atoms with Gasteiger partial charge in [0.2, 0.25) is 0 Å². The number of nitrogens with one attached hydrogen (secondary N) is 1. The topological polar surface area (TPSA) is 28.2 Å². The van der Waals surface area contributed by atoms with Crippen molar-refractivity contribution in [1.82, 2.24) is 10.3 Å². The molecule has 1 saturated heterocycles. The summed E-state index contributed by atoms with van der Waals surface area (Å²) in [4.78, 5) is 8.95. The molecule has 0 amide bonds. The lowest BCUT2D eigenvalue weighted by Crippen LogP contribution is -2.40. The highest BCUT2D eigenvalue weighted by molar-refractivity contribution is 8.00. The average molecular weight is 328 g/mol. The maximum absolute atomic E-state index is 5.02. The maximum atomic E-state index is 5.02. The summed E-state index contributed by atoms with van der Waals surface area (Å²) in [5, 5.41) is 6.09. The van der Waals surface area contributed by atoms with Crippen LogP contribution >= 0.6 is 23.1 Å². The number of thiazole rings is 1. The van der Waals surface area contributed by atoms with E-state index in [0.717, 1.165) is 32.6 Å². The predicted octanol–water partition coefficient (Wildman–Crippen LogP) is 4.10. The minimum Gasteiger partial charge on any atom is -0.346 e. The van der Waals surface area contributed by atoms with Gasteiger partial charge in [-0.05, 0) is 18.9 Å². The van der Waals surface area contributed by atoms with Crippen LogP contribution in [0, 0.1) is 0 Å². The lowest BCUT2D eigenvalue weighted by atomic mass is 10.0. The Hall–Kier alpha value is -0.260. The first-order valence-corrected chi connectivity index (χ1v) is 9.91. The molecule has 0 aromatic carbocycles. The van der Waals surface area contributed by atoms with Crippen LogP contribution < -0.4 is 10.2 Å². The molecule has 3 nitrogen and oxygen atoms in total. The molecule has 0 spiro atoms. The van der Waals surface area contributed by atoms with Crippen LogP contribution in [0.4, 0.5) is 5.13 Å². The van der Waals surface area contributed by atoms with E-state index in [1.807, 2.05) is 11.3 Å². The Bertz CT molecular complexity index is 437. The SMILES string of the molecule is CCNCc1sc(N2CC(C)SC(C)C2)nc1C(C)CC. The van der Waals surface area contributed by atoms with Crippen molar-refractivity contribution in [1.29, 1.82) is 0 Å². The number of rotatable bonds is 6. The van der Waals surface area contributed by atoms with Crippen LogP contribution in [0.3, 0.4) is 0 Å². The summed E-state index contributed by atoms with van der Waals surface area (Å²) >= 11 is 3.99. The van der Waals surface area contributed by atoms with Gasteiger partial charge in [-0.15, -0.1) is 11.3 Å². The summed E-state index contributed by atoms with van der Waals surface area (Å²) in [6, 6.07) is 0. The fourth-order valence-electron chi connectivity index (χ4n) is 2.76. The van der Waals surface area contributed by atoms with Crippen molar-refractivity contribution in [3.63, 3.8) is 0 Å². The second-order valence-electron chi connectivity index (χ2n) is 6.06. The summed E-state index contributed by atoms with van der Waals surface area (Å²) < 4.78 is 0. The highest BCUT2D eigenvalue weighted by Crippen LogP contribution is 2.35. The lowest BCUT2D eigenvalue weighted by molar-refractivity contribution is 0.673. The molecule has 1 N–H and O–H groups in total. The zero-order valence-electron chi connectivity index (χ0n) is 14.0. The molecule has 1 aromatic rings. The van der Waals surface area contributed by atoms with Crippen molar-refractivity contribution in [2.24, 2.45) is 0 Å². The summed E-state index contributed by atoms with van der Waals surface area (Å²) in [6.45, 7) is 15.6. The Morgan fingerprint density at radius 1 is 1.29 bits per heavy atom.